The van der Waals surface area contributed by atoms with Crippen LogP contribution >= 0.6 is 27.7 Å². The summed E-state index contributed by atoms with van der Waals surface area (Å²) in [5, 5.41) is 4.03. The Kier molecular flexibility index (Phi) is 7.52. The summed E-state index contributed by atoms with van der Waals surface area (Å²) in [6.07, 6.45) is 0. The van der Waals surface area contributed by atoms with Crippen molar-refractivity contribution in [2.45, 2.75) is 24.9 Å². The molecule has 1 N–H and O–H groups in total. The normalized spacial score (nSPS) is 12.6. The maximum Gasteiger partial charge on any atom is 0.252 e. The Morgan fingerprint density at radius 3 is 2.64 bits per heavy atom. The van der Waals surface area contributed by atoms with Crippen LogP contribution in [0.15, 0.2) is 58.1 Å². The zero-order valence-corrected chi connectivity index (χ0v) is 16.9. The third-order valence-corrected chi connectivity index (χ3v) is 5.45. The van der Waals surface area contributed by atoms with E-state index in [1.165, 1.54) is 5.56 Å². The highest BCUT2D eigenvalue weighted by Crippen LogP contribution is 2.25. The molecule has 2 rings (SSSR count). The molecule has 0 aliphatic rings. The van der Waals surface area contributed by atoms with Crippen molar-refractivity contribution in [2.24, 2.45) is 5.10 Å². The van der Waals surface area contributed by atoms with Crippen molar-refractivity contribution in [3.8, 4) is 5.75 Å². The second-order valence-corrected chi connectivity index (χ2v) is 7.64. The van der Waals surface area contributed by atoms with E-state index >= 15 is 0 Å². The van der Waals surface area contributed by atoms with Gasteiger partial charge >= 0.3 is 0 Å². The van der Waals surface area contributed by atoms with Gasteiger partial charge in [-0.1, -0.05) is 30.3 Å². The van der Waals surface area contributed by atoms with E-state index in [4.69, 9.17) is 4.74 Å². The van der Waals surface area contributed by atoms with E-state index in [9.17, 15) is 4.79 Å². The molecule has 0 aliphatic carbocycles. The number of hydrogen-bond acceptors (Lipinski definition) is 4. The van der Waals surface area contributed by atoms with Gasteiger partial charge in [0.25, 0.3) is 5.91 Å². The van der Waals surface area contributed by atoms with Gasteiger partial charge in [-0.2, -0.15) is 5.10 Å². The maximum atomic E-state index is 12.2. The lowest BCUT2D eigenvalue weighted by atomic mass is 10.1. The Bertz CT molecular complexity index is 750. The van der Waals surface area contributed by atoms with Crippen molar-refractivity contribution in [3.05, 3.63) is 64.1 Å². The Morgan fingerprint density at radius 1 is 1.28 bits per heavy atom. The Labute approximate surface area is 161 Å². The number of amides is 1. The van der Waals surface area contributed by atoms with Gasteiger partial charge in [0.1, 0.15) is 5.75 Å². The van der Waals surface area contributed by atoms with Crippen molar-refractivity contribution in [1.82, 2.24) is 5.43 Å². The third kappa shape index (κ3) is 5.90. The van der Waals surface area contributed by atoms with Crippen LogP contribution in [0.5, 0.6) is 5.75 Å². The van der Waals surface area contributed by atoms with Crippen LogP contribution in [0.2, 0.25) is 0 Å². The molecule has 4 nitrogen and oxygen atoms in total. The number of methoxy groups -OCH3 is 1. The summed E-state index contributed by atoms with van der Waals surface area (Å²) < 4.78 is 6.06. The van der Waals surface area contributed by atoms with Crippen LogP contribution in [0.1, 0.15) is 25.0 Å². The zero-order chi connectivity index (χ0) is 18.2. The van der Waals surface area contributed by atoms with Crippen LogP contribution in [0, 0.1) is 0 Å². The summed E-state index contributed by atoms with van der Waals surface area (Å²) in [7, 11) is 1.62. The van der Waals surface area contributed by atoms with Gasteiger partial charge in [0.15, 0.2) is 0 Å². The first-order chi connectivity index (χ1) is 12.0. The summed E-state index contributed by atoms with van der Waals surface area (Å²) in [5.41, 5.74) is 5.50. The molecule has 0 radical (unpaired) electrons. The predicted octanol–water partition coefficient (Wildman–Crippen LogP) is 4.62. The van der Waals surface area contributed by atoms with Crippen LogP contribution < -0.4 is 10.2 Å². The third-order valence-electron chi connectivity index (χ3n) is 3.62. The van der Waals surface area contributed by atoms with Crippen LogP contribution in [0.3, 0.4) is 0 Å². The molecule has 2 aromatic carbocycles. The zero-order valence-electron chi connectivity index (χ0n) is 14.5. The molecular weight excluding hydrogens is 400 g/mol. The molecule has 0 saturated carbocycles. The number of carbonyl (C=O) groups excluding carboxylic acids is 1. The standard InChI is InChI=1S/C19H21BrN2O2S/c1-13(16-9-10-18(24-3)17(20)11-16)21-22-19(23)14(2)25-12-15-7-5-4-6-8-15/h4-11,14H,12H2,1-3H3,(H,22,23)/b21-13-/t14-/m1/s1. The van der Waals surface area contributed by atoms with E-state index in [0.29, 0.717) is 0 Å². The molecule has 0 aromatic heterocycles. The minimum absolute atomic E-state index is 0.104. The Morgan fingerprint density at radius 2 is 2.00 bits per heavy atom. The number of hydrazone groups is 1. The number of hydrogen-bond donors (Lipinski definition) is 1. The minimum atomic E-state index is -0.181. The summed E-state index contributed by atoms with van der Waals surface area (Å²) in [6, 6.07) is 15.8. The lowest BCUT2D eigenvalue weighted by Gasteiger charge is -2.10. The molecule has 0 spiro atoms. The number of benzene rings is 2. The van der Waals surface area contributed by atoms with Crippen molar-refractivity contribution in [2.75, 3.05) is 7.11 Å². The average molecular weight is 421 g/mol. The van der Waals surface area contributed by atoms with Crippen molar-refractivity contribution in [3.63, 3.8) is 0 Å². The SMILES string of the molecule is COc1ccc(/C(C)=N\NC(=O)[C@@H](C)SCc2ccccc2)cc1Br. The number of thioether (sulfide) groups is 1. The van der Waals surface area contributed by atoms with Crippen molar-refractivity contribution < 1.29 is 9.53 Å². The first-order valence-electron chi connectivity index (χ1n) is 7.85. The van der Waals surface area contributed by atoms with Gasteiger partial charge in [0.2, 0.25) is 0 Å². The lowest BCUT2D eigenvalue weighted by Crippen LogP contribution is -2.27. The highest BCUT2D eigenvalue weighted by Gasteiger charge is 2.13. The highest BCUT2D eigenvalue weighted by atomic mass is 79.9. The molecule has 0 fully saturated rings. The summed E-state index contributed by atoms with van der Waals surface area (Å²) >= 11 is 5.04. The topological polar surface area (TPSA) is 50.7 Å². The fraction of sp³-hybridized carbons (Fsp3) is 0.263. The number of nitrogens with one attached hydrogen (secondary N) is 1. The van der Waals surface area contributed by atoms with E-state index < -0.39 is 0 Å². The number of halogens is 1. The monoisotopic (exact) mass is 420 g/mol. The molecule has 0 unspecified atom stereocenters. The predicted molar refractivity (Wildman–Crippen MR) is 108 cm³/mol. The molecule has 0 heterocycles. The smallest absolute Gasteiger partial charge is 0.252 e. The fourth-order valence-electron chi connectivity index (χ4n) is 2.06. The van der Waals surface area contributed by atoms with E-state index in [1.807, 2.05) is 50.2 Å². The molecule has 1 atom stereocenters. The first kappa shape index (κ1) is 19.5. The molecular formula is C19H21BrN2O2S. The van der Waals surface area contributed by atoms with E-state index in [-0.39, 0.29) is 11.2 Å². The largest absolute Gasteiger partial charge is 0.496 e. The van der Waals surface area contributed by atoms with E-state index in [0.717, 1.165) is 27.3 Å². The molecule has 0 aliphatic heterocycles. The molecule has 1 amide bonds. The second kappa shape index (κ2) is 9.63. The van der Waals surface area contributed by atoms with Crippen LogP contribution in [0.4, 0.5) is 0 Å². The van der Waals surface area contributed by atoms with E-state index in [1.54, 1.807) is 18.9 Å². The second-order valence-electron chi connectivity index (χ2n) is 5.46. The average Bonchev–Trinajstić information content (AvgIpc) is 2.64. The summed E-state index contributed by atoms with van der Waals surface area (Å²) in [4.78, 5) is 12.2. The summed E-state index contributed by atoms with van der Waals surface area (Å²) in [6.45, 7) is 3.74. The van der Waals surface area contributed by atoms with Gasteiger partial charge in [-0.25, -0.2) is 5.43 Å². The van der Waals surface area contributed by atoms with Gasteiger partial charge in [0.05, 0.1) is 22.5 Å². The Hall–Kier alpha value is -1.79. The van der Waals surface area contributed by atoms with Crippen molar-refractivity contribution in [1.29, 1.82) is 0 Å². The van der Waals surface area contributed by atoms with Crippen LogP contribution in [0.25, 0.3) is 0 Å². The number of carbonyl (C=O) groups is 1. The Balaban J connectivity index is 1.90. The number of rotatable bonds is 7. The molecule has 2 aromatic rings. The molecule has 6 heteroatoms. The highest BCUT2D eigenvalue weighted by molar-refractivity contribution is 9.10. The van der Waals surface area contributed by atoms with Gasteiger partial charge in [-0.3, -0.25) is 4.79 Å². The quantitative estimate of drug-likeness (QED) is 0.524. The van der Waals surface area contributed by atoms with Crippen LogP contribution in [-0.2, 0) is 10.5 Å². The summed E-state index contributed by atoms with van der Waals surface area (Å²) in [5.74, 6) is 1.45. The van der Waals surface area contributed by atoms with Crippen LogP contribution in [-0.4, -0.2) is 24.0 Å². The van der Waals surface area contributed by atoms with Gasteiger partial charge in [0, 0.05) is 5.75 Å². The minimum Gasteiger partial charge on any atom is -0.496 e. The maximum absolute atomic E-state index is 12.2. The van der Waals surface area contributed by atoms with Gasteiger partial charge in [-0.15, -0.1) is 11.8 Å². The van der Waals surface area contributed by atoms with Gasteiger partial charge in [-0.05, 0) is 59.1 Å². The number of ether oxygens (including phenoxy) is 1. The molecule has 25 heavy (non-hydrogen) atoms. The molecule has 132 valence electrons. The first-order valence-corrected chi connectivity index (χ1v) is 9.69. The molecule has 0 bridgehead atoms. The fourth-order valence-corrected chi connectivity index (χ4v) is 3.44. The number of nitrogens with zero attached hydrogens (tertiary/aromatic N) is 1. The van der Waals surface area contributed by atoms with E-state index in [2.05, 4.69) is 38.6 Å². The van der Waals surface area contributed by atoms with Crippen molar-refractivity contribution >= 4 is 39.3 Å². The molecule has 0 saturated heterocycles. The van der Waals surface area contributed by atoms with Gasteiger partial charge < -0.3 is 4.74 Å². The lowest BCUT2D eigenvalue weighted by molar-refractivity contribution is -0.120.